The van der Waals surface area contributed by atoms with Crippen molar-refractivity contribution in [2.75, 3.05) is 12.9 Å². The van der Waals surface area contributed by atoms with Gasteiger partial charge in [-0.15, -0.1) is 11.8 Å². The molecule has 106 valence electrons. The molecule has 1 aliphatic rings. The Bertz CT molecular complexity index is 539. The fraction of sp³-hybridized carbons (Fsp3) is 0.600. The van der Waals surface area contributed by atoms with E-state index >= 15 is 0 Å². The topological polar surface area (TPSA) is 125 Å². The Balaban J connectivity index is 2.44. The summed E-state index contributed by atoms with van der Waals surface area (Å²) in [7, 11) is 0. The smallest absolute Gasteiger partial charge is 0.331 e. The minimum atomic E-state index is -1.46. The van der Waals surface area contributed by atoms with Gasteiger partial charge in [-0.05, 0) is 6.26 Å². The number of rotatable bonds is 3. The average molecular weight is 290 g/mol. The minimum absolute atomic E-state index is 0.387. The van der Waals surface area contributed by atoms with Gasteiger partial charge in [-0.2, -0.15) is 0 Å². The quantitative estimate of drug-likeness (QED) is 0.370. The predicted molar refractivity (Wildman–Crippen MR) is 66.1 cm³/mol. The highest BCUT2D eigenvalue weighted by molar-refractivity contribution is 7.98. The van der Waals surface area contributed by atoms with Gasteiger partial charge in [-0.25, -0.2) is 9.36 Å². The molecular weight excluding hydrogens is 276 g/mol. The van der Waals surface area contributed by atoms with Crippen molar-refractivity contribution < 1.29 is 20.1 Å². The first-order chi connectivity index (χ1) is 8.99. The van der Waals surface area contributed by atoms with E-state index in [-0.39, 0.29) is 0 Å². The second kappa shape index (κ2) is 5.47. The monoisotopic (exact) mass is 290 g/mol. The van der Waals surface area contributed by atoms with Crippen LogP contribution in [0.3, 0.4) is 0 Å². The third kappa shape index (κ3) is 2.47. The van der Waals surface area contributed by atoms with E-state index in [1.165, 1.54) is 17.8 Å². The molecule has 1 saturated heterocycles. The molecule has 19 heavy (non-hydrogen) atoms. The van der Waals surface area contributed by atoms with Crippen LogP contribution in [0.15, 0.2) is 20.7 Å². The number of aromatic nitrogens is 2. The lowest BCUT2D eigenvalue weighted by atomic mass is 10.1. The standard InChI is InChI=1S/C10H14N2O6S/c1-19-5-2-6(14)12(10(17)11-5)9-8(16)7(15)4(3-13)18-9/h2,4,7-9,13,15-16H,3H2,1H3,(H,11,17)/t4-,7-,8-,9-/m1/s1. The van der Waals surface area contributed by atoms with E-state index in [1.807, 2.05) is 0 Å². The normalized spacial score (nSPS) is 30.7. The Hall–Kier alpha value is -1.13. The predicted octanol–water partition coefficient (Wildman–Crippen LogP) is -2.13. The zero-order valence-corrected chi connectivity index (χ0v) is 10.8. The third-order valence-corrected chi connectivity index (χ3v) is 3.59. The first kappa shape index (κ1) is 14.3. The molecule has 1 aromatic heterocycles. The van der Waals surface area contributed by atoms with Gasteiger partial charge in [0.1, 0.15) is 18.3 Å². The van der Waals surface area contributed by atoms with E-state index < -0.39 is 42.4 Å². The lowest BCUT2D eigenvalue weighted by Gasteiger charge is -2.16. The van der Waals surface area contributed by atoms with E-state index in [0.717, 1.165) is 0 Å². The number of H-pyrrole nitrogens is 1. The van der Waals surface area contributed by atoms with Crippen LogP contribution >= 0.6 is 11.8 Å². The molecule has 4 atom stereocenters. The molecule has 0 aromatic carbocycles. The summed E-state index contributed by atoms with van der Waals surface area (Å²) in [5.74, 6) is 0. The van der Waals surface area contributed by atoms with Gasteiger partial charge < -0.3 is 25.0 Å². The van der Waals surface area contributed by atoms with E-state index in [9.17, 15) is 19.8 Å². The summed E-state index contributed by atoms with van der Waals surface area (Å²) in [4.78, 5) is 26.1. The first-order valence-corrected chi connectivity index (χ1v) is 6.74. The van der Waals surface area contributed by atoms with Crippen LogP contribution in [0.25, 0.3) is 0 Å². The Morgan fingerprint density at radius 2 is 2.11 bits per heavy atom. The summed E-state index contributed by atoms with van der Waals surface area (Å²) in [5, 5.41) is 28.7. The van der Waals surface area contributed by atoms with Crippen LogP contribution in [0.1, 0.15) is 6.23 Å². The van der Waals surface area contributed by atoms with Crippen molar-refractivity contribution in [2.45, 2.75) is 29.6 Å². The van der Waals surface area contributed by atoms with E-state index in [0.29, 0.717) is 9.59 Å². The van der Waals surface area contributed by atoms with Crippen LogP contribution in [0.5, 0.6) is 0 Å². The number of aliphatic hydroxyl groups excluding tert-OH is 3. The number of nitrogens with zero attached hydrogens (tertiary/aromatic N) is 1. The molecule has 4 N–H and O–H groups in total. The maximum atomic E-state index is 11.8. The van der Waals surface area contributed by atoms with Crippen molar-refractivity contribution in [1.82, 2.24) is 9.55 Å². The molecule has 2 rings (SSSR count). The van der Waals surface area contributed by atoms with Gasteiger partial charge in [0.15, 0.2) is 6.23 Å². The van der Waals surface area contributed by atoms with Crippen LogP contribution < -0.4 is 11.2 Å². The van der Waals surface area contributed by atoms with Crippen molar-refractivity contribution in [1.29, 1.82) is 0 Å². The number of aliphatic hydroxyl groups is 3. The summed E-state index contributed by atoms with van der Waals surface area (Å²) in [5.41, 5.74) is -1.39. The van der Waals surface area contributed by atoms with Gasteiger partial charge in [0.25, 0.3) is 5.56 Å². The van der Waals surface area contributed by atoms with Crippen LogP contribution in [0.2, 0.25) is 0 Å². The second-order valence-electron chi connectivity index (χ2n) is 4.08. The van der Waals surface area contributed by atoms with Crippen LogP contribution in [-0.4, -0.2) is 56.0 Å². The molecule has 0 saturated carbocycles. The molecule has 1 aromatic rings. The SMILES string of the molecule is CSc1cc(=O)n([C@@H]2O[C@H](CO)[C@@H](O)[C@H]2O)c(=O)[nH]1. The summed E-state index contributed by atoms with van der Waals surface area (Å²) in [6, 6.07) is 1.20. The molecule has 0 radical (unpaired) electrons. The highest BCUT2D eigenvalue weighted by atomic mass is 32.2. The summed E-state index contributed by atoms with van der Waals surface area (Å²) in [6.07, 6.45) is -3.48. The maximum Gasteiger partial charge on any atom is 0.331 e. The number of hydrogen-bond donors (Lipinski definition) is 4. The van der Waals surface area contributed by atoms with E-state index in [2.05, 4.69) is 4.98 Å². The molecule has 2 heterocycles. The molecule has 9 heteroatoms. The van der Waals surface area contributed by atoms with Crippen molar-refractivity contribution in [3.05, 3.63) is 26.9 Å². The Morgan fingerprint density at radius 3 is 2.58 bits per heavy atom. The lowest BCUT2D eigenvalue weighted by molar-refractivity contribution is -0.0566. The Kier molecular flexibility index (Phi) is 4.11. The molecule has 1 fully saturated rings. The van der Waals surface area contributed by atoms with Crippen LogP contribution in [0, 0.1) is 0 Å². The molecule has 0 aliphatic carbocycles. The minimum Gasteiger partial charge on any atom is -0.394 e. The van der Waals surface area contributed by atoms with Crippen molar-refractivity contribution in [2.24, 2.45) is 0 Å². The maximum absolute atomic E-state index is 11.8. The van der Waals surface area contributed by atoms with E-state index in [4.69, 9.17) is 9.84 Å². The molecule has 8 nitrogen and oxygen atoms in total. The largest absolute Gasteiger partial charge is 0.394 e. The van der Waals surface area contributed by atoms with E-state index in [1.54, 1.807) is 6.26 Å². The third-order valence-electron chi connectivity index (χ3n) is 2.93. The van der Waals surface area contributed by atoms with Crippen molar-refractivity contribution >= 4 is 11.8 Å². The molecular formula is C10H14N2O6S. The molecule has 1 aliphatic heterocycles. The fourth-order valence-corrected chi connectivity index (χ4v) is 2.34. The van der Waals surface area contributed by atoms with Crippen LogP contribution in [0.4, 0.5) is 0 Å². The van der Waals surface area contributed by atoms with Gasteiger partial charge in [-0.3, -0.25) is 4.79 Å². The molecule has 0 spiro atoms. The number of nitrogens with one attached hydrogen (secondary N) is 1. The zero-order chi connectivity index (χ0) is 14.2. The first-order valence-electron chi connectivity index (χ1n) is 5.52. The Morgan fingerprint density at radius 1 is 1.42 bits per heavy atom. The Labute approximate surface area is 111 Å². The summed E-state index contributed by atoms with van der Waals surface area (Å²) < 4.78 is 5.83. The zero-order valence-electron chi connectivity index (χ0n) is 10.0. The fourth-order valence-electron chi connectivity index (χ4n) is 1.93. The summed E-state index contributed by atoms with van der Waals surface area (Å²) in [6.45, 7) is -0.524. The van der Waals surface area contributed by atoms with Gasteiger partial charge in [0.05, 0.1) is 11.6 Å². The average Bonchev–Trinajstić information content (AvgIpc) is 2.66. The number of thioether (sulfide) groups is 1. The molecule has 0 amide bonds. The molecule has 0 unspecified atom stereocenters. The summed E-state index contributed by atoms with van der Waals surface area (Å²) >= 11 is 1.19. The molecule has 0 bridgehead atoms. The van der Waals surface area contributed by atoms with Crippen molar-refractivity contribution in [3.8, 4) is 0 Å². The lowest BCUT2D eigenvalue weighted by Crippen LogP contribution is -2.42. The van der Waals surface area contributed by atoms with Gasteiger partial charge in [0, 0.05) is 6.07 Å². The van der Waals surface area contributed by atoms with Crippen LogP contribution in [-0.2, 0) is 4.74 Å². The van der Waals surface area contributed by atoms with Crippen molar-refractivity contribution in [3.63, 3.8) is 0 Å². The number of ether oxygens (including phenoxy) is 1. The highest BCUT2D eigenvalue weighted by Gasteiger charge is 2.44. The highest BCUT2D eigenvalue weighted by Crippen LogP contribution is 2.27. The van der Waals surface area contributed by atoms with Gasteiger partial charge in [-0.1, -0.05) is 0 Å². The number of hydrogen-bond acceptors (Lipinski definition) is 7. The second-order valence-corrected chi connectivity index (χ2v) is 4.93. The van der Waals surface area contributed by atoms with Gasteiger partial charge in [0.2, 0.25) is 0 Å². The number of aromatic amines is 1. The van der Waals surface area contributed by atoms with Gasteiger partial charge >= 0.3 is 5.69 Å².